The van der Waals surface area contributed by atoms with Gasteiger partial charge in [-0.3, -0.25) is 4.79 Å². The minimum atomic E-state index is -0.496. The van der Waals surface area contributed by atoms with Crippen LogP contribution in [0.25, 0.3) is 10.9 Å². The molecule has 24 heavy (non-hydrogen) atoms. The van der Waals surface area contributed by atoms with Crippen LogP contribution >= 0.6 is 0 Å². The van der Waals surface area contributed by atoms with Gasteiger partial charge in [0.1, 0.15) is 5.69 Å². The number of fused-ring (bicyclic) bond motifs is 1. The summed E-state index contributed by atoms with van der Waals surface area (Å²) in [5.41, 5.74) is 1.43. The van der Waals surface area contributed by atoms with Crippen molar-refractivity contribution in [1.29, 1.82) is 0 Å². The number of nitrogens with zero attached hydrogens (tertiary/aromatic N) is 4. The van der Waals surface area contributed by atoms with Crippen molar-refractivity contribution in [3.8, 4) is 0 Å². The molecule has 0 radical (unpaired) electrons. The molecule has 2 aromatic heterocycles. The summed E-state index contributed by atoms with van der Waals surface area (Å²) in [6.45, 7) is 0.584. The fourth-order valence-electron chi connectivity index (χ4n) is 2.49. The molecule has 0 fully saturated rings. The molecule has 126 valence electrons. The highest BCUT2D eigenvalue weighted by atomic mass is 16.7. The van der Waals surface area contributed by atoms with Crippen LogP contribution in [0.1, 0.15) is 16.3 Å². The minimum absolute atomic E-state index is 0.228. The summed E-state index contributed by atoms with van der Waals surface area (Å²) in [7, 11) is 3.04. The van der Waals surface area contributed by atoms with Crippen molar-refractivity contribution in [2.45, 2.75) is 12.8 Å². The van der Waals surface area contributed by atoms with Crippen LogP contribution in [-0.2, 0) is 16.0 Å². The van der Waals surface area contributed by atoms with E-state index in [1.807, 2.05) is 34.9 Å². The lowest BCUT2D eigenvalue weighted by atomic mass is 10.2. The average molecular weight is 330 g/mol. The Kier molecular flexibility index (Phi) is 4.82. The van der Waals surface area contributed by atoms with Crippen molar-refractivity contribution < 1.29 is 14.3 Å². The lowest BCUT2D eigenvalue weighted by Gasteiger charge is -2.14. The average Bonchev–Trinajstić information content (AvgIpc) is 3.24. The molecule has 1 aromatic carbocycles. The first-order chi connectivity index (χ1) is 11.7. The number of amides is 1. The molecule has 0 saturated heterocycles. The van der Waals surface area contributed by atoms with Crippen LogP contribution in [0.3, 0.4) is 0 Å². The molecular weight excluding hydrogens is 312 g/mol. The minimum Gasteiger partial charge on any atom is -0.354 e. The number of ether oxygens (including phenoxy) is 2. The molecule has 0 aliphatic carbocycles. The van der Waals surface area contributed by atoms with Gasteiger partial charge in [-0.1, -0.05) is 23.4 Å². The molecule has 2 heterocycles. The number of nitrogens with one attached hydrogen (secondary N) is 2. The number of hydrogen-bond acceptors (Lipinski definition) is 6. The fourth-order valence-corrected chi connectivity index (χ4v) is 2.49. The summed E-state index contributed by atoms with van der Waals surface area (Å²) in [6, 6.07) is 9.57. The van der Waals surface area contributed by atoms with Crippen LogP contribution in [-0.4, -0.2) is 58.2 Å². The molecule has 9 nitrogen and oxygen atoms in total. The van der Waals surface area contributed by atoms with Gasteiger partial charge in [-0.25, -0.2) is 0 Å². The van der Waals surface area contributed by atoms with Crippen LogP contribution < -0.4 is 5.32 Å². The van der Waals surface area contributed by atoms with E-state index >= 15 is 0 Å². The van der Waals surface area contributed by atoms with Crippen LogP contribution in [0.5, 0.6) is 0 Å². The van der Waals surface area contributed by atoms with Gasteiger partial charge in [-0.05, 0) is 12.1 Å². The van der Waals surface area contributed by atoms with E-state index in [0.29, 0.717) is 18.1 Å². The standard InChI is InChI=1S/C15H18N6O3/c1-23-14(24-2)8-16-15(22)12-7-10-5-3-4-6-11(10)21(12)9-13-17-19-20-18-13/h3-7,14H,8-9H2,1-2H3,(H,16,22)(H,17,18,19,20). The molecule has 0 atom stereocenters. The van der Waals surface area contributed by atoms with Crippen LogP contribution in [0.15, 0.2) is 30.3 Å². The Morgan fingerprint density at radius 2 is 2.12 bits per heavy atom. The maximum Gasteiger partial charge on any atom is 0.268 e. The van der Waals surface area contributed by atoms with Crippen molar-refractivity contribution in [2.75, 3.05) is 20.8 Å². The normalized spacial score (nSPS) is 11.3. The number of rotatable bonds is 7. The maximum absolute atomic E-state index is 12.6. The van der Waals surface area contributed by atoms with Gasteiger partial charge in [0.05, 0.1) is 13.1 Å². The number of carbonyl (C=O) groups excluding carboxylic acids is 1. The van der Waals surface area contributed by atoms with Gasteiger partial charge in [-0.15, -0.1) is 10.2 Å². The molecule has 2 N–H and O–H groups in total. The topological polar surface area (TPSA) is 107 Å². The van der Waals surface area contributed by atoms with Gasteiger partial charge >= 0.3 is 0 Å². The van der Waals surface area contributed by atoms with Gasteiger partial charge in [0.25, 0.3) is 5.91 Å². The first kappa shape index (κ1) is 16.1. The summed E-state index contributed by atoms with van der Waals surface area (Å²) in [4.78, 5) is 12.6. The monoisotopic (exact) mass is 330 g/mol. The van der Waals surface area contributed by atoms with Gasteiger partial charge in [0.2, 0.25) is 0 Å². The summed E-state index contributed by atoms with van der Waals surface area (Å²) in [6.07, 6.45) is -0.496. The zero-order chi connectivity index (χ0) is 16.9. The second kappa shape index (κ2) is 7.20. The number of carbonyl (C=O) groups is 1. The van der Waals surface area contributed by atoms with Crippen LogP contribution in [0, 0.1) is 0 Å². The number of hydrogen-bond donors (Lipinski definition) is 2. The van der Waals surface area contributed by atoms with E-state index in [4.69, 9.17) is 9.47 Å². The summed E-state index contributed by atoms with van der Waals surface area (Å²) in [5.74, 6) is 0.269. The van der Waals surface area contributed by atoms with E-state index in [2.05, 4.69) is 25.9 Å². The number of benzene rings is 1. The smallest absolute Gasteiger partial charge is 0.268 e. The Labute approximate surface area is 137 Å². The van der Waals surface area contributed by atoms with E-state index in [1.54, 1.807) is 0 Å². The first-order valence-electron chi connectivity index (χ1n) is 7.37. The number of H-pyrrole nitrogens is 1. The van der Waals surface area contributed by atoms with E-state index in [1.165, 1.54) is 14.2 Å². The highest BCUT2D eigenvalue weighted by Crippen LogP contribution is 2.20. The molecule has 0 bridgehead atoms. The van der Waals surface area contributed by atoms with Crippen molar-refractivity contribution in [3.63, 3.8) is 0 Å². The van der Waals surface area contributed by atoms with Crippen molar-refractivity contribution in [3.05, 3.63) is 41.9 Å². The second-order valence-corrected chi connectivity index (χ2v) is 5.11. The van der Waals surface area contributed by atoms with Gasteiger partial charge in [-0.2, -0.15) is 5.21 Å². The first-order valence-corrected chi connectivity index (χ1v) is 7.37. The van der Waals surface area contributed by atoms with E-state index < -0.39 is 6.29 Å². The highest BCUT2D eigenvalue weighted by Gasteiger charge is 2.18. The molecule has 1 amide bonds. The third-order valence-electron chi connectivity index (χ3n) is 3.69. The molecule has 0 unspecified atom stereocenters. The quantitative estimate of drug-likeness (QED) is 0.613. The zero-order valence-electron chi connectivity index (χ0n) is 13.4. The summed E-state index contributed by atoms with van der Waals surface area (Å²) in [5, 5.41) is 17.7. The molecule has 0 aliphatic heterocycles. The van der Waals surface area contributed by atoms with Crippen molar-refractivity contribution >= 4 is 16.8 Å². The Morgan fingerprint density at radius 3 is 2.83 bits per heavy atom. The largest absolute Gasteiger partial charge is 0.354 e. The Morgan fingerprint density at radius 1 is 1.33 bits per heavy atom. The van der Waals surface area contributed by atoms with E-state index in [9.17, 15) is 4.79 Å². The van der Waals surface area contributed by atoms with Crippen LogP contribution in [0.2, 0.25) is 0 Å². The lowest BCUT2D eigenvalue weighted by Crippen LogP contribution is -2.35. The highest BCUT2D eigenvalue weighted by molar-refractivity contribution is 5.98. The van der Waals surface area contributed by atoms with Crippen molar-refractivity contribution in [1.82, 2.24) is 30.5 Å². The van der Waals surface area contributed by atoms with E-state index in [-0.39, 0.29) is 12.5 Å². The van der Waals surface area contributed by atoms with Crippen LogP contribution in [0.4, 0.5) is 0 Å². The van der Waals surface area contributed by atoms with Gasteiger partial charge < -0.3 is 19.4 Å². The second-order valence-electron chi connectivity index (χ2n) is 5.11. The molecule has 0 saturated carbocycles. The number of aromatic nitrogens is 5. The van der Waals surface area contributed by atoms with Gasteiger partial charge in [0, 0.05) is 25.1 Å². The Bertz CT molecular complexity index is 810. The zero-order valence-corrected chi connectivity index (χ0v) is 13.4. The fraction of sp³-hybridized carbons (Fsp3) is 0.333. The van der Waals surface area contributed by atoms with Gasteiger partial charge in [0.15, 0.2) is 12.1 Å². The third-order valence-corrected chi connectivity index (χ3v) is 3.69. The Balaban J connectivity index is 1.90. The third kappa shape index (κ3) is 3.26. The molecule has 0 aliphatic rings. The summed E-state index contributed by atoms with van der Waals surface area (Å²) >= 11 is 0. The van der Waals surface area contributed by atoms with E-state index in [0.717, 1.165) is 10.9 Å². The number of methoxy groups -OCH3 is 2. The molecule has 3 rings (SSSR count). The maximum atomic E-state index is 12.6. The molecular formula is C15H18N6O3. The Hall–Kier alpha value is -2.78. The molecule has 3 aromatic rings. The number of aromatic amines is 1. The summed E-state index contributed by atoms with van der Waals surface area (Å²) < 4.78 is 12.0. The predicted octanol–water partition coefficient (Wildman–Crippen LogP) is 0.551. The lowest BCUT2D eigenvalue weighted by molar-refractivity contribution is -0.0974. The molecule has 9 heteroatoms. The predicted molar refractivity (Wildman–Crippen MR) is 85.4 cm³/mol. The molecule has 0 spiro atoms. The van der Waals surface area contributed by atoms with Crippen molar-refractivity contribution in [2.24, 2.45) is 0 Å². The SMILES string of the molecule is COC(CNC(=O)c1cc2ccccc2n1Cc1nn[nH]n1)OC. The number of para-hydroxylation sites is 1. The number of tetrazole rings is 1.